The molecule has 0 fully saturated rings. The number of nitro benzene ring substituents is 1. The summed E-state index contributed by atoms with van der Waals surface area (Å²) in [5, 5.41) is 14.7. The fraction of sp³-hybridized carbons (Fsp3) is 0.235. The van der Waals surface area contributed by atoms with Crippen molar-refractivity contribution in [2.24, 2.45) is 0 Å². The Hall–Kier alpha value is -2.31. The van der Waals surface area contributed by atoms with Crippen LogP contribution in [0.1, 0.15) is 25.5 Å². The molecule has 0 unspecified atom stereocenters. The van der Waals surface area contributed by atoms with Crippen molar-refractivity contribution in [3.05, 3.63) is 68.2 Å². The Labute approximate surface area is 154 Å². The van der Waals surface area contributed by atoms with Crippen LogP contribution in [0.25, 0.3) is 0 Å². The van der Waals surface area contributed by atoms with Crippen LogP contribution in [0.3, 0.4) is 0 Å². The van der Waals surface area contributed by atoms with Gasteiger partial charge in [0.15, 0.2) is 11.9 Å². The van der Waals surface area contributed by atoms with E-state index in [2.05, 4.69) is 5.32 Å². The van der Waals surface area contributed by atoms with Crippen LogP contribution in [0.5, 0.6) is 5.75 Å². The van der Waals surface area contributed by atoms with Gasteiger partial charge >= 0.3 is 5.69 Å². The molecule has 0 aliphatic rings. The normalized spacial score (nSPS) is 13.0. The minimum Gasteiger partial charge on any atom is -0.474 e. The zero-order valence-corrected chi connectivity index (χ0v) is 15.0. The Bertz CT molecular complexity index is 798. The monoisotopic (exact) mass is 382 g/mol. The summed E-state index contributed by atoms with van der Waals surface area (Å²) in [7, 11) is 0. The molecule has 2 rings (SSSR count). The summed E-state index contributed by atoms with van der Waals surface area (Å²) in [4.78, 5) is 22.8. The molecular weight excluding hydrogens is 367 g/mol. The zero-order chi connectivity index (χ0) is 18.6. The molecule has 8 heteroatoms. The number of carbonyl (C=O) groups excluding carboxylic acids is 1. The molecule has 2 aromatic rings. The van der Waals surface area contributed by atoms with Gasteiger partial charge < -0.3 is 10.1 Å². The lowest BCUT2D eigenvalue weighted by Crippen LogP contribution is -2.37. The Morgan fingerprint density at radius 2 is 1.88 bits per heavy atom. The van der Waals surface area contributed by atoms with Gasteiger partial charge in [-0.3, -0.25) is 14.9 Å². The van der Waals surface area contributed by atoms with Gasteiger partial charge in [-0.1, -0.05) is 41.4 Å². The first-order valence-corrected chi connectivity index (χ1v) is 8.20. The van der Waals surface area contributed by atoms with Crippen molar-refractivity contribution < 1.29 is 14.5 Å². The maximum atomic E-state index is 12.3. The first-order valence-electron chi connectivity index (χ1n) is 7.45. The highest BCUT2D eigenvalue weighted by molar-refractivity contribution is 6.35. The molecule has 0 spiro atoms. The van der Waals surface area contributed by atoms with E-state index in [4.69, 9.17) is 27.9 Å². The molecule has 0 saturated carbocycles. The third-order valence-electron chi connectivity index (χ3n) is 3.52. The van der Waals surface area contributed by atoms with E-state index in [9.17, 15) is 14.9 Å². The Balaban J connectivity index is 2.06. The van der Waals surface area contributed by atoms with E-state index < -0.39 is 16.9 Å². The van der Waals surface area contributed by atoms with Gasteiger partial charge in [-0.15, -0.1) is 0 Å². The minimum absolute atomic E-state index is 0.0346. The van der Waals surface area contributed by atoms with Gasteiger partial charge in [0.2, 0.25) is 0 Å². The standard InChI is InChI=1S/C17H16Cl2N2O4/c1-10(13-8-7-12(18)9-14(13)19)20-17(22)11(2)25-16-6-4-3-5-15(16)21(23)24/h3-11H,1-2H3,(H,20,22)/t10-,11-/m0/s1. The number of ether oxygens (including phenoxy) is 1. The maximum Gasteiger partial charge on any atom is 0.310 e. The molecule has 0 aliphatic heterocycles. The molecule has 132 valence electrons. The molecule has 25 heavy (non-hydrogen) atoms. The van der Waals surface area contributed by atoms with Gasteiger partial charge in [0.1, 0.15) is 0 Å². The lowest BCUT2D eigenvalue weighted by Gasteiger charge is -2.19. The predicted molar refractivity (Wildman–Crippen MR) is 96.2 cm³/mol. The Morgan fingerprint density at radius 3 is 2.52 bits per heavy atom. The second-order valence-electron chi connectivity index (χ2n) is 5.38. The van der Waals surface area contributed by atoms with E-state index >= 15 is 0 Å². The number of nitrogens with zero attached hydrogens (tertiary/aromatic N) is 1. The van der Waals surface area contributed by atoms with E-state index in [-0.39, 0.29) is 17.5 Å². The summed E-state index contributed by atoms with van der Waals surface area (Å²) in [6, 6.07) is 10.5. The van der Waals surface area contributed by atoms with Crippen molar-refractivity contribution in [2.45, 2.75) is 26.0 Å². The van der Waals surface area contributed by atoms with Crippen LogP contribution in [0.15, 0.2) is 42.5 Å². The third kappa shape index (κ3) is 4.84. The van der Waals surface area contributed by atoms with Crippen molar-refractivity contribution in [3.8, 4) is 5.75 Å². The molecule has 0 aromatic heterocycles. The summed E-state index contributed by atoms with van der Waals surface area (Å²) in [6.07, 6.45) is -0.922. The van der Waals surface area contributed by atoms with Gasteiger partial charge in [0.05, 0.1) is 11.0 Å². The van der Waals surface area contributed by atoms with Crippen molar-refractivity contribution >= 4 is 34.8 Å². The molecule has 0 saturated heterocycles. The van der Waals surface area contributed by atoms with Crippen molar-refractivity contribution in [1.82, 2.24) is 5.32 Å². The zero-order valence-electron chi connectivity index (χ0n) is 13.5. The van der Waals surface area contributed by atoms with Gasteiger partial charge in [-0.25, -0.2) is 0 Å². The molecule has 0 heterocycles. The van der Waals surface area contributed by atoms with E-state index in [1.165, 1.54) is 25.1 Å². The average Bonchev–Trinajstić information content (AvgIpc) is 2.54. The molecule has 0 aliphatic carbocycles. The lowest BCUT2D eigenvalue weighted by molar-refractivity contribution is -0.386. The maximum absolute atomic E-state index is 12.3. The average molecular weight is 383 g/mol. The molecule has 1 amide bonds. The second kappa shape index (κ2) is 8.18. The number of hydrogen-bond acceptors (Lipinski definition) is 4. The van der Waals surface area contributed by atoms with Crippen LogP contribution < -0.4 is 10.1 Å². The number of hydrogen-bond donors (Lipinski definition) is 1. The van der Waals surface area contributed by atoms with Crippen molar-refractivity contribution in [2.75, 3.05) is 0 Å². The fourth-order valence-corrected chi connectivity index (χ4v) is 2.78. The van der Waals surface area contributed by atoms with Crippen LogP contribution >= 0.6 is 23.2 Å². The molecule has 2 aromatic carbocycles. The number of para-hydroxylation sites is 2. The van der Waals surface area contributed by atoms with Gasteiger partial charge in [0, 0.05) is 16.1 Å². The summed E-state index contributed by atoms with van der Waals surface area (Å²) < 4.78 is 5.45. The van der Waals surface area contributed by atoms with Gasteiger partial charge in [-0.05, 0) is 37.6 Å². The van der Waals surface area contributed by atoms with Crippen LogP contribution in [0.4, 0.5) is 5.69 Å². The van der Waals surface area contributed by atoms with Crippen LogP contribution in [0.2, 0.25) is 10.0 Å². The second-order valence-corrected chi connectivity index (χ2v) is 6.22. The number of nitrogens with one attached hydrogen (secondary N) is 1. The summed E-state index contributed by atoms with van der Waals surface area (Å²) in [5.41, 5.74) is 0.508. The Morgan fingerprint density at radius 1 is 1.20 bits per heavy atom. The Kier molecular flexibility index (Phi) is 6.22. The van der Waals surface area contributed by atoms with Crippen LogP contribution in [-0.2, 0) is 4.79 Å². The van der Waals surface area contributed by atoms with Crippen molar-refractivity contribution in [3.63, 3.8) is 0 Å². The van der Waals surface area contributed by atoms with E-state index in [1.807, 2.05) is 0 Å². The van der Waals surface area contributed by atoms with Gasteiger partial charge in [0.25, 0.3) is 5.91 Å². The lowest BCUT2D eigenvalue weighted by atomic mass is 10.1. The van der Waals surface area contributed by atoms with E-state index in [0.29, 0.717) is 15.6 Å². The van der Waals surface area contributed by atoms with Gasteiger partial charge in [-0.2, -0.15) is 0 Å². The largest absolute Gasteiger partial charge is 0.474 e. The summed E-state index contributed by atoms with van der Waals surface area (Å²) >= 11 is 12.0. The summed E-state index contributed by atoms with van der Waals surface area (Å²) in [6.45, 7) is 3.28. The first kappa shape index (κ1) is 19.0. The van der Waals surface area contributed by atoms with E-state index in [0.717, 1.165) is 0 Å². The molecule has 0 bridgehead atoms. The molecule has 6 nitrogen and oxygen atoms in total. The summed E-state index contributed by atoms with van der Waals surface area (Å²) in [5.74, 6) is -0.385. The van der Waals surface area contributed by atoms with Crippen LogP contribution in [0, 0.1) is 10.1 Å². The number of halogens is 2. The molecule has 1 N–H and O–H groups in total. The van der Waals surface area contributed by atoms with E-state index in [1.54, 1.807) is 31.2 Å². The third-order valence-corrected chi connectivity index (χ3v) is 4.09. The SMILES string of the molecule is C[C@H](Oc1ccccc1[N+](=O)[O-])C(=O)N[C@@H](C)c1ccc(Cl)cc1Cl. The van der Waals surface area contributed by atoms with Crippen molar-refractivity contribution in [1.29, 1.82) is 0 Å². The minimum atomic E-state index is -0.922. The highest BCUT2D eigenvalue weighted by Gasteiger charge is 2.22. The number of nitro groups is 1. The first-order chi connectivity index (χ1) is 11.8. The highest BCUT2D eigenvalue weighted by atomic mass is 35.5. The smallest absolute Gasteiger partial charge is 0.310 e. The quantitative estimate of drug-likeness (QED) is 0.586. The fourth-order valence-electron chi connectivity index (χ4n) is 2.21. The molecule has 0 radical (unpaired) electrons. The predicted octanol–water partition coefficient (Wildman–Crippen LogP) is 4.55. The number of rotatable bonds is 6. The molecule has 2 atom stereocenters. The highest BCUT2D eigenvalue weighted by Crippen LogP contribution is 2.28. The number of benzene rings is 2. The molecular formula is C17H16Cl2N2O4. The van der Waals surface area contributed by atoms with Crippen LogP contribution in [-0.4, -0.2) is 16.9 Å². The number of amides is 1. The number of carbonyl (C=O) groups is 1. The topological polar surface area (TPSA) is 81.5 Å².